The molecule has 3 nitrogen and oxygen atoms in total. The van der Waals surface area contributed by atoms with Crippen molar-refractivity contribution in [3.8, 4) is 11.3 Å². The minimum absolute atomic E-state index is 0.541. The molecule has 2 aliphatic heterocycles. The molecule has 11 heavy (non-hydrogen) atoms. The molecule has 1 N–H and O–H groups in total. The summed E-state index contributed by atoms with van der Waals surface area (Å²) in [7, 11) is 0. The summed E-state index contributed by atoms with van der Waals surface area (Å²) in [5.74, 6) is 0. The monoisotopic (exact) mass is 163 g/mol. The van der Waals surface area contributed by atoms with Crippen molar-refractivity contribution in [2.75, 3.05) is 0 Å². The third-order valence-corrected chi connectivity index (χ3v) is 1.76. The molecule has 2 rings (SSSR count). The Hall–Kier alpha value is -1.29. The van der Waals surface area contributed by atoms with Gasteiger partial charge in [0.15, 0.2) is 4.64 Å². The largest absolute Gasteiger partial charge is 0.360 e. The van der Waals surface area contributed by atoms with Gasteiger partial charge in [0.1, 0.15) is 0 Å². The van der Waals surface area contributed by atoms with Crippen LogP contribution in [0.3, 0.4) is 0 Å². The van der Waals surface area contributed by atoms with Crippen molar-refractivity contribution in [3.05, 3.63) is 29.2 Å². The molecule has 0 radical (unpaired) electrons. The summed E-state index contributed by atoms with van der Waals surface area (Å²) in [5, 5.41) is 7.48. The Labute approximate surface area is 68.5 Å². The van der Waals surface area contributed by atoms with Gasteiger partial charge in [-0.25, -0.2) is 0 Å². The van der Waals surface area contributed by atoms with Crippen LogP contribution in [0.5, 0.6) is 0 Å². The van der Waals surface area contributed by atoms with Crippen LogP contribution in [-0.2, 0) is 0 Å². The number of aromatic amines is 1. The van der Waals surface area contributed by atoms with E-state index in [2.05, 4.69) is 15.2 Å². The van der Waals surface area contributed by atoms with Gasteiger partial charge < -0.3 is 4.98 Å². The minimum Gasteiger partial charge on any atom is -0.360 e. The molecule has 2 heterocycles. The lowest BCUT2D eigenvalue weighted by Crippen LogP contribution is -1.90. The van der Waals surface area contributed by atoms with Crippen molar-refractivity contribution in [2.24, 2.45) is 0 Å². The van der Waals surface area contributed by atoms with Crippen LogP contribution < -0.4 is 0 Å². The number of hydrogen-bond donors (Lipinski definition) is 1. The Morgan fingerprint density at radius 1 is 1.45 bits per heavy atom. The summed E-state index contributed by atoms with van der Waals surface area (Å²) in [5.41, 5.74) is 1.87. The summed E-state index contributed by atoms with van der Waals surface area (Å²) in [6, 6.07) is 3.81. The number of hydrogen-bond acceptors (Lipinski definition) is 3. The van der Waals surface area contributed by atoms with E-state index in [-0.39, 0.29) is 0 Å². The van der Waals surface area contributed by atoms with E-state index < -0.39 is 0 Å². The SMILES string of the molecule is S=c1nncc2[nH]cccc1-2. The van der Waals surface area contributed by atoms with Crippen LogP contribution in [0.25, 0.3) is 11.3 Å². The van der Waals surface area contributed by atoms with E-state index in [4.69, 9.17) is 12.2 Å². The maximum Gasteiger partial charge on any atom is 0.158 e. The van der Waals surface area contributed by atoms with E-state index in [1.807, 2.05) is 18.3 Å². The van der Waals surface area contributed by atoms with Gasteiger partial charge in [-0.2, -0.15) is 5.10 Å². The maximum atomic E-state index is 4.96. The number of rotatable bonds is 0. The summed E-state index contributed by atoms with van der Waals surface area (Å²) in [6.45, 7) is 0. The van der Waals surface area contributed by atoms with Crippen LogP contribution in [0.1, 0.15) is 0 Å². The first kappa shape index (κ1) is 6.42. The van der Waals surface area contributed by atoms with E-state index in [0.29, 0.717) is 4.64 Å². The van der Waals surface area contributed by atoms with Crippen LogP contribution in [-0.4, -0.2) is 15.2 Å². The van der Waals surface area contributed by atoms with E-state index in [0.717, 1.165) is 11.3 Å². The molecule has 2 aliphatic rings. The van der Waals surface area contributed by atoms with Crippen molar-refractivity contribution in [1.82, 2.24) is 15.2 Å². The fourth-order valence-corrected chi connectivity index (χ4v) is 1.16. The van der Waals surface area contributed by atoms with E-state index >= 15 is 0 Å². The molecule has 0 unspecified atom stereocenters. The number of H-pyrrole nitrogens is 1. The molecule has 0 amide bonds. The molecule has 0 atom stereocenters. The van der Waals surface area contributed by atoms with Crippen LogP contribution >= 0.6 is 12.2 Å². The second-order valence-electron chi connectivity index (χ2n) is 2.15. The van der Waals surface area contributed by atoms with Crippen LogP contribution in [0.15, 0.2) is 24.5 Å². The molecule has 0 aromatic rings. The molecule has 0 aliphatic carbocycles. The summed E-state index contributed by atoms with van der Waals surface area (Å²) in [6.07, 6.45) is 3.49. The smallest absolute Gasteiger partial charge is 0.158 e. The van der Waals surface area contributed by atoms with E-state index in [1.165, 1.54) is 0 Å². The third kappa shape index (κ3) is 1.01. The van der Waals surface area contributed by atoms with Gasteiger partial charge in [-0.1, -0.05) is 12.2 Å². The maximum absolute atomic E-state index is 4.96. The summed E-state index contributed by atoms with van der Waals surface area (Å²) in [4.78, 5) is 3.02. The third-order valence-electron chi connectivity index (χ3n) is 1.45. The highest BCUT2D eigenvalue weighted by atomic mass is 32.1. The fraction of sp³-hybridized carbons (Fsp3) is 0. The Balaban J connectivity index is 2.90. The first-order valence-electron chi connectivity index (χ1n) is 3.17. The predicted octanol–water partition coefficient (Wildman–Crippen LogP) is 1.64. The molecule has 0 aromatic heterocycles. The molecular formula is C7H5N3S. The highest BCUT2D eigenvalue weighted by Gasteiger charge is 2.01. The summed E-state index contributed by atoms with van der Waals surface area (Å²) < 4.78 is 0.541. The number of aromatic nitrogens is 3. The van der Waals surface area contributed by atoms with Gasteiger partial charge in [-0.05, 0) is 12.1 Å². The molecular weight excluding hydrogens is 158 g/mol. The van der Waals surface area contributed by atoms with Crippen molar-refractivity contribution in [3.63, 3.8) is 0 Å². The topological polar surface area (TPSA) is 41.6 Å². The molecule has 0 bridgehead atoms. The fourth-order valence-electron chi connectivity index (χ4n) is 0.936. The second-order valence-corrected chi connectivity index (χ2v) is 2.53. The van der Waals surface area contributed by atoms with E-state index in [9.17, 15) is 0 Å². The number of pyridine rings is 1. The predicted molar refractivity (Wildman–Crippen MR) is 43.8 cm³/mol. The van der Waals surface area contributed by atoms with Crippen molar-refractivity contribution >= 4 is 12.2 Å². The molecule has 54 valence electrons. The van der Waals surface area contributed by atoms with Crippen LogP contribution in [0.2, 0.25) is 0 Å². The number of fused-ring (bicyclic) bond motifs is 1. The van der Waals surface area contributed by atoms with Crippen LogP contribution in [0.4, 0.5) is 0 Å². The Kier molecular flexibility index (Phi) is 1.40. The van der Waals surface area contributed by atoms with Crippen molar-refractivity contribution in [2.45, 2.75) is 0 Å². The average Bonchev–Trinajstić information content (AvgIpc) is 2.06. The van der Waals surface area contributed by atoms with Gasteiger partial charge in [0, 0.05) is 11.8 Å². The number of nitrogens with zero attached hydrogens (tertiary/aromatic N) is 2. The van der Waals surface area contributed by atoms with Gasteiger partial charge >= 0.3 is 0 Å². The Morgan fingerprint density at radius 3 is 3.18 bits per heavy atom. The van der Waals surface area contributed by atoms with Gasteiger partial charge in [0.2, 0.25) is 0 Å². The van der Waals surface area contributed by atoms with E-state index in [1.54, 1.807) is 6.20 Å². The van der Waals surface area contributed by atoms with Gasteiger partial charge in [0.05, 0.1) is 11.9 Å². The van der Waals surface area contributed by atoms with Gasteiger partial charge in [0.25, 0.3) is 0 Å². The van der Waals surface area contributed by atoms with Crippen molar-refractivity contribution < 1.29 is 0 Å². The Bertz CT molecular complexity index is 395. The Morgan fingerprint density at radius 2 is 2.36 bits per heavy atom. The molecule has 0 saturated carbocycles. The molecule has 0 aromatic carbocycles. The lowest BCUT2D eigenvalue weighted by Gasteiger charge is -2.00. The molecule has 0 spiro atoms. The lowest BCUT2D eigenvalue weighted by molar-refractivity contribution is 1.00. The zero-order valence-corrected chi connectivity index (χ0v) is 6.43. The average molecular weight is 163 g/mol. The second kappa shape index (κ2) is 2.39. The quantitative estimate of drug-likeness (QED) is 0.600. The van der Waals surface area contributed by atoms with Crippen molar-refractivity contribution in [1.29, 1.82) is 0 Å². The zero-order chi connectivity index (χ0) is 7.68. The van der Waals surface area contributed by atoms with Gasteiger partial charge in [-0.3, -0.25) is 0 Å². The van der Waals surface area contributed by atoms with Gasteiger partial charge in [-0.15, -0.1) is 5.10 Å². The summed E-state index contributed by atoms with van der Waals surface area (Å²) >= 11 is 4.96. The molecule has 4 heteroatoms. The first-order chi connectivity index (χ1) is 5.38. The van der Waals surface area contributed by atoms with Crippen LogP contribution in [0, 0.1) is 4.64 Å². The molecule has 0 fully saturated rings. The molecule has 0 saturated heterocycles. The zero-order valence-electron chi connectivity index (χ0n) is 5.61. The highest BCUT2D eigenvalue weighted by Crippen LogP contribution is 2.15. The lowest BCUT2D eigenvalue weighted by atomic mass is 10.2. The number of nitrogens with one attached hydrogen (secondary N) is 1. The standard InChI is InChI=1S/C7H5N3S/c11-7-5-2-1-3-8-6(5)4-9-10-7/h1-4,8H. The first-order valence-corrected chi connectivity index (χ1v) is 3.58. The minimum atomic E-state index is 0.541. The normalized spacial score (nSPS) is 10.2. The highest BCUT2D eigenvalue weighted by molar-refractivity contribution is 7.71.